The molecule has 0 bridgehead atoms. The number of hydrogen-bond donors (Lipinski definition) is 1. The molecular formula is C21H25NO4. The Hall–Kier alpha value is -2.53. The third-order valence-electron chi connectivity index (χ3n) is 4.24. The molecule has 2 aromatic rings. The molecule has 138 valence electrons. The molecular weight excluding hydrogens is 330 g/mol. The number of carbonyl (C=O) groups is 1. The summed E-state index contributed by atoms with van der Waals surface area (Å²) in [6, 6.07) is 17.6. The highest BCUT2D eigenvalue weighted by atomic mass is 16.6. The Morgan fingerprint density at radius 2 is 1.69 bits per heavy atom. The van der Waals surface area contributed by atoms with Crippen LogP contribution in [0.15, 0.2) is 54.6 Å². The lowest BCUT2D eigenvalue weighted by Crippen LogP contribution is -2.49. The second-order valence-corrected chi connectivity index (χ2v) is 6.30. The van der Waals surface area contributed by atoms with Crippen molar-refractivity contribution in [3.05, 3.63) is 60.2 Å². The van der Waals surface area contributed by atoms with Crippen LogP contribution in [0.2, 0.25) is 0 Å². The van der Waals surface area contributed by atoms with E-state index in [9.17, 15) is 4.79 Å². The number of rotatable bonds is 8. The molecule has 0 saturated carbocycles. The number of para-hydroxylation sites is 2. The van der Waals surface area contributed by atoms with E-state index in [-0.39, 0.29) is 12.0 Å². The SMILES string of the molecule is C[C@H]1Oc2ccccc2O[C@H]1C(=O)NCCCOCCc1ccccc1. The lowest BCUT2D eigenvalue weighted by atomic mass is 10.1. The molecule has 2 aromatic carbocycles. The zero-order chi connectivity index (χ0) is 18.2. The summed E-state index contributed by atoms with van der Waals surface area (Å²) in [6.07, 6.45) is 0.701. The smallest absolute Gasteiger partial charge is 0.265 e. The fraction of sp³-hybridized carbons (Fsp3) is 0.381. The summed E-state index contributed by atoms with van der Waals surface area (Å²) in [4.78, 5) is 12.3. The normalized spacial score (nSPS) is 18.3. The highest BCUT2D eigenvalue weighted by Crippen LogP contribution is 2.33. The number of benzene rings is 2. The number of carbonyl (C=O) groups excluding carboxylic acids is 1. The number of amides is 1. The Morgan fingerprint density at radius 3 is 2.46 bits per heavy atom. The molecule has 0 aliphatic carbocycles. The summed E-state index contributed by atoms with van der Waals surface area (Å²) in [5.41, 5.74) is 1.27. The lowest BCUT2D eigenvalue weighted by molar-refractivity contribution is -0.133. The van der Waals surface area contributed by atoms with Crippen molar-refractivity contribution in [2.75, 3.05) is 19.8 Å². The standard InChI is InChI=1S/C21H25NO4/c1-16-20(26-19-11-6-5-10-18(19)25-16)21(23)22-13-7-14-24-15-12-17-8-3-2-4-9-17/h2-6,8-11,16,20H,7,12-15H2,1H3,(H,22,23)/t16-,20-/m1/s1. The topological polar surface area (TPSA) is 56.8 Å². The van der Waals surface area contributed by atoms with Crippen molar-refractivity contribution in [2.24, 2.45) is 0 Å². The van der Waals surface area contributed by atoms with Crippen LogP contribution in [0.25, 0.3) is 0 Å². The van der Waals surface area contributed by atoms with Gasteiger partial charge in [0.15, 0.2) is 11.5 Å². The molecule has 0 spiro atoms. The Labute approximate surface area is 154 Å². The largest absolute Gasteiger partial charge is 0.482 e. The van der Waals surface area contributed by atoms with E-state index in [2.05, 4.69) is 17.4 Å². The minimum absolute atomic E-state index is 0.156. The Balaban J connectivity index is 1.32. The number of hydrogen-bond acceptors (Lipinski definition) is 4. The van der Waals surface area contributed by atoms with Gasteiger partial charge in [0, 0.05) is 13.2 Å². The molecule has 5 nitrogen and oxygen atoms in total. The number of nitrogens with one attached hydrogen (secondary N) is 1. The van der Waals surface area contributed by atoms with Gasteiger partial charge in [0.25, 0.3) is 5.91 Å². The summed E-state index contributed by atoms with van der Waals surface area (Å²) >= 11 is 0. The first-order chi connectivity index (χ1) is 12.7. The van der Waals surface area contributed by atoms with E-state index in [1.807, 2.05) is 49.4 Å². The molecule has 2 atom stereocenters. The van der Waals surface area contributed by atoms with Crippen LogP contribution in [0.1, 0.15) is 18.9 Å². The third kappa shape index (κ3) is 4.99. The van der Waals surface area contributed by atoms with Gasteiger partial charge in [-0.05, 0) is 37.5 Å². The highest BCUT2D eigenvalue weighted by molar-refractivity contribution is 5.82. The van der Waals surface area contributed by atoms with E-state index in [4.69, 9.17) is 14.2 Å². The van der Waals surface area contributed by atoms with Crippen LogP contribution >= 0.6 is 0 Å². The van der Waals surface area contributed by atoms with Crippen molar-refractivity contribution in [1.29, 1.82) is 0 Å². The van der Waals surface area contributed by atoms with Gasteiger partial charge in [0.05, 0.1) is 6.61 Å². The molecule has 1 aliphatic rings. The zero-order valence-corrected chi connectivity index (χ0v) is 15.0. The Morgan fingerprint density at radius 1 is 1.00 bits per heavy atom. The van der Waals surface area contributed by atoms with Gasteiger partial charge < -0.3 is 19.5 Å². The first kappa shape index (κ1) is 18.3. The highest BCUT2D eigenvalue weighted by Gasteiger charge is 2.33. The second kappa shape index (κ2) is 9.25. The van der Waals surface area contributed by atoms with E-state index in [0.717, 1.165) is 12.8 Å². The van der Waals surface area contributed by atoms with Gasteiger partial charge >= 0.3 is 0 Å². The first-order valence-electron chi connectivity index (χ1n) is 9.06. The maximum absolute atomic E-state index is 12.3. The Bertz CT molecular complexity index is 704. The molecule has 1 amide bonds. The summed E-state index contributed by atoms with van der Waals surface area (Å²) in [5, 5.41) is 2.90. The van der Waals surface area contributed by atoms with Crippen molar-refractivity contribution >= 4 is 5.91 Å². The van der Waals surface area contributed by atoms with E-state index in [1.54, 1.807) is 0 Å². The van der Waals surface area contributed by atoms with E-state index < -0.39 is 6.10 Å². The lowest BCUT2D eigenvalue weighted by Gasteiger charge is -2.31. The van der Waals surface area contributed by atoms with Crippen LogP contribution < -0.4 is 14.8 Å². The summed E-state index contributed by atoms with van der Waals surface area (Å²) < 4.78 is 17.2. The van der Waals surface area contributed by atoms with Crippen molar-refractivity contribution in [3.63, 3.8) is 0 Å². The monoisotopic (exact) mass is 355 g/mol. The second-order valence-electron chi connectivity index (χ2n) is 6.30. The van der Waals surface area contributed by atoms with Crippen molar-refractivity contribution in [1.82, 2.24) is 5.32 Å². The van der Waals surface area contributed by atoms with E-state index >= 15 is 0 Å². The van der Waals surface area contributed by atoms with Gasteiger partial charge in [0.2, 0.25) is 6.10 Å². The molecule has 0 saturated heterocycles. The van der Waals surface area contributed by atoms with Gasteiger partial charge in [-0.2, -0.15) is 0 Å². The van der Waals surface area contributed by atoms with Gasteiger partial charge in [0.1, 0.15) is 6.10 Å². The van der Waals surface area contributed by atoms with Crippen LogP contribution in [0.3, 0.4) is 0 Å². The quantitative estimate of drug-likeness (QED) is 0.740. The molecule has 26 heavy (non-hydrogen) atoms. The van der Waals surface area contributed by atoms with Gasteiger partial charge in [-0.1, -0.05) is 42.5 Å². The minimum atomic E-state index is -0.635. The third-order valence-corrected chi connectivity index (χ3v) is 4.24. The maximum Gasteiger partial charge on any atom is 0.265 e. The van der Waals surface area contributed by atoms with Gasteiger partial charge in [-0.15, -0.1) is 0 Å². The average molecular weight is 355 g/mol. The van der Waals surface area contributed by atoms with Crippen molar-refractivity contribution in [2.45, 2.75) is 32.0 Å². The molecule has 1 aliphatic heterocycles. The molecule has 0 radical (unpaired) electrons. The predicted octanol–water partition coefficient (Wildman–Crippen LogP) is 2.98. The summed E-state index contributed by atoms with van der Waals surface area (Å²) in [5.74, 6) is 1.13. The fourth-order valence-electron chi connectivity index (χ4n) is 2.83. The molecule has 5 heteroatoms. The maximum atomic E-state index is 12.3. The Kier molecular flexibility index (Phi) is 6.50. The first-order valence-corrected chi connectivity index (χ1v) is 9.06. The summed E-state index contributed by atoms with van der Waals surface area (Å²) in [6.45, 7) is 3.70. The van der Waals surface area contributed by atoms with Crippen LogP contribution in [0.5, 0.6) is 11.5 Å². The minimum Gasteiger partial charge on any atom is -0.482 e. The van der Waals surface area contributed by atoms with Crippen LogP contribution in [0.4, 0.5) is 0 Å². The van der Waals surface area contributed by atoms with Gasteiger partial charge in [-0.3, -0.25) is 4.79 Å². The zero-order valence-electron chi connectivity index (χ0n) is 15.0. The van der Waals surface area contributed by atoms with Crippen LogP contribution in [-0.4, -0.2) is 37.9 Å². The number of fused-ring (bicyclic) bond motifs is 1. The average Bonchev–Trinajstić information content (AvgIpc) is 2.67. The molecule has 3 rings (SSSR count). The number of ether oxygens (including phenoxy) is 3. The van der Waals surface area contributed by atoms with Crippen LogP contribution in [-0.2, 0) is 16.0 Å². The molecule has 0 unspecified atom stereocenters. The van der Waals surface area contributed by atoms with Crippen molar-refractivity contribution < 1.29 is 19.0 Å². The van der Waals surface area contributed by atoms with Crippen LogP contribution in [0, 0.1) is 0 Å². The van der Waals surface area contributed by atoms with E-state index in [0.29, 0.717) is 31.3 Å². The molecule has 0 fully saturated rings. The summed E-state index contributed by atoms with van der Waals surface area (Å²) in [7, 11) is 0. The van der Waals surface area contributed by atoms with E-state index in [1.165, 1.54) is 5.56 Å². The fourth-order valence-corrected chi connectivity index (χ4v) is 2.83. The predicted molar refractivity (Wildman–Crippen MR) is 99.5 cm³/mol. The molecule has 0 aromatic heterocycles. The molecule has 1 heterocycles. The van der Waals surface area contributed by atoms with Gasteiger partial charge in [-0.25, -0.2) is 0 Å². The van der Waals surface area contributed by atoms with Crippen molar-refractivity contribution in [3.8, 4) is 11.5 Å². The molecule has 1 N–H and O–H groups in total.